The number of hydrogen-bond acceptors (Lipinski definition) is 3. The van der Waals surface area contributed by atoms with Gasteiger partial charge in [-0.1, -0.05) is 0 Å². The molecule has 0 radical (unpaired) electrons. The highest BCUT2D eigenvalue weighted by atomic mass is 79.9. The van der Waals surface area contributed by atoms with Crippen molar-refractivity contribution in [3.8, 4) is 0 Å². The number of hydrogen-bond donors (Lipinski definition) is 2. The Morgan fingerprint density at radius 1 is 1.46 bits per heavy atom. The van der Waals surface area contributed by atoms with Crippen LogP contribution in [0.5, 0.6) is 0 Å². The lowest BCUT2D eigenvalue weighted by Crippen LogP contribution is -2.35. The van der Waals surface area contributed by atoms with E-state index >= 15 is 0 Å². The van der Waals surface area contributed by atoms with E-state index in [-0.39, 0.29) is 12.1 Å². The molecule has 2 rings (SSSR count). The van der Waals surface area contributed by atoms with Crippen molar-refractivity contribution >= 4 is 27.3 Å². The molecule has 2 nitrogen and oxygen atoms in total. The second kappa shape index (κ2) is 3.69. The van der Waals surface area contributed by atoms with Gasteiger partial charge in [-0.05, 0) is 40.8 Å². The maximum Gasteiger partial charge on any atom is 0.0546 e. The summed E-state index contributed by atoms with van der Waals surface area (Å²) >= 11 is 5.10. The summed E-state index contributed by atoms with van der Waals surface area (Å²) in [5, 5.41) is 2.05. The minimum absolute atomic E-state index is 0.0174. The van der Waals surface area contributed by atoms with Crippen LogP contribution in [0.15, 0.2) is 15.9 Å². The van der Waals surface area contributed by atoms with Gasteiger partial charge < -0.3 is 11.5 Å². The van der Waals surface area contributed by atoms with Crippen molar-refractivity contribution in [2.75, 3.05) is 0 Å². The second-order valence-corrected chi connectivity index (χ2v) is 5.47. The van der Waals surface area contributed by atoms with E-state index in [9.17, 15) is 0 Å². The number of thiophene rings is 1. The first kappa shape index (κ1) is 9.65. The Morgan fingerprint density at radius 2 is 2.15 bits per heavy atom. The van der Waals surface area contributed by atoms with E-state index in [1.807, 2.05) is 0 Å². The van der Waals surface area contributed by atoms with Crippen molar-refractivity contribution in [3.63, 3.8) is 0 Å². The van der Waals surface area contributed by atoms with Gasteiger partial charge in [0.1, 0.15) is 0 Å². The molecule has 2 atom stereocenters. The Bertz CT molecular complexity index is 296. The van der Waals surface area contributed by atoms with Crippen LogP contribution in [-0.4, -0.2) is 6.04 Å². The molecule has 1 fully saturated rings. The van der Waals surface area contributed by atoms with E-state index in [1.165, 1.54) is 17.7 Å². The van der Waals surface area contributed by atoms with Gasteiger partial charge in [0.15, 0.2) is 0 Å². The summed E-state index contributed by atoms with van der Waals surface area (Å²) in [5.74, 6) is 0.663. The lowest BCUT2D eigenvalue weighted by molar-refractivity contribution is 0.499. The number of nitrogens with two attached hydrogens (primary N) is 2. The van der Waals surface area contributed by atoms with Gasteiger partial charge in [-0.3, -0.25) is 0 Å². The minimum atomic E-state index is 0.0174. The van der Waals surface area contributed by atoms with Gasteiger partial charge in [-0.2, -0.15) is 0 Å². The molecule has 0 aromatic carbocycles. The predicted octanol–water partition coefficient (Wildman–Crippen LogP) is 2.25. The molecule has 72 valence electrons. The van der Waals surface area contributed by atoms with Crippen LogP contribution in [0.2, 0.25) is 0 Å². The Kier molecular flexibility index (Phi) is 2.74. The van der Waals surface area contributed by atoms with Gasteiger partial charge in [0.05, 0.1) is 6.04 Å². The lowest BCUT2D eigenvalue weighted by atomic mass is 10.0. The smallest absolute Gasteiger partial charge is 0.0546 e. The van der Waals surface area contributed by atoms with Crippen LogP contribution >= 0.6 is 27.3 Å². The summed E-state index contributed by atoms with van der Waals surface area (Å²) < 4.78 is 1.10. The van der Waals surface area contributed by atoms with Crippen LogP contribution in [0, 0.1) is 5.92 Å². The molecule has 0 spiro atoms. The predicted molar refractivity (Wildman–Crippen MR) is 59.6 cm³/mol. The quantitative estimate of drug-likeness (QED) is 0.876. The zero-order valence-electron chi connectivity index (χ0n) is 7.24. The van der Waals surface area contributed by atoms with Gasteiger partial charge in [0.25, 0.3) is 0 Å². The first-order chi connectivity index (χ1) is 6.18. The molecule has 0 amide bonds. The van der Waals surface area contributed by atoms with E-state index in [4.69, 9.17) is 11.5 Å². The SMILES string of the molecule is N[C@@H](c1cc(Br)cs1)[C@@H](N)C1CC1. The first-order valence-corrected chi connectivity index (χ1v) is 6.11. The maximum atomic E-state index is 6.06. The van der Waals surface area contributed by atoms with Crippen LogP contribution in [-0.2, 0) is 0 Å². The average molecular weight is 261 g/mol. The highest BCUT2D eigenvalue weighted by Gasteiger charge is 2.33. The molecular formula is C9H13BrN2S. The maximum absolute atomic E-state index is 6.06. The van der Waals surface area contributed by atoms with Gasteiger partial charge in [0, 0.05) is 20.8 Å². The summed E-state index contributed by atoms with van der Waals surface area (Å²) in [4.78, 5) is 1.19. The molecule has 1 saturated carbocycles. The molecule has 1 heterocycles. The van der Waals surface area contributed by atoms with Gasteiger partial charge >= 0.3 is 0 Å². The second-order valence-electron chi connectivity index (χ2n) is 3.61. The molecular weight excluding hydrogens is 248 g/mol. The van der Waals surface area contributed by atoms with E-state index in [0.29, 0.717) is 5.92 Å². The van der Waals surface area contributed by atoms with Crippen LogP contribution in [0.25, 0.3) is 0 Å². The normalized spacial score (nSPS) is 21.5. The summed E-state index contributed by atoms with van der Waals surface area (Å²) in [7, 11) is 0. The zero-order chi connectivity index (χ0) is 9.42. The Morgan fingerprint density at radius 3 is 2.62 bits per heavy atom. The van der Waals surface area contributed by atoms with Crippen molar-refractivity contribution in [1.29, 1.82) is 0 Å². The van der Waals surface area contributed by atoms with E-state index in [2.05, 4.69) is 27.4 Å². The van der Waals surface area contributed by atoms with Gasteiger partial charge in [0.2, 0.25) is 0 Å². The summed E-state index contributed by atoms with van der Waals surface area (Å²) in [6.45, 7) is 0. The molecule has 4 N–H and O–H groups in total. The van der Waals surface area contributed by atoms with Crippen molar-refractivity contribution < 1.29 is 0 Å². The minimum Gasteiger partial charge on any atom is -0.326 e. The number of halogens is 1. The van der Waals surface area contributed by atoms with E-state index < -0.39 is 0 Å². The molecule has 0 unspecified atom stereocenters. The summed E-state index contributed by atoms with van der Waals surface area (Å²) in [6.07, 6.45) is 2.50. The Labute approximate surface area is 90.4 Å². The average Bonchev–Trinajstić information content (AvgIpc) is 2.87. The van der Waals surface area contributed by atoms with Crippen LogP contribution < -0.4 is 11.5 Å². The van der Waals surface area contributed by atoms with Crippen molar-refractivity contribution in [2.24, 2.45) is 17.4 Å². The fraction of sp³-hybridized carbons (Fsp3) is 0.556. The molecule has 4 heteroatoms. The van der Waals surface area contributed by atoms with Gasteiger partial charge in [-0.15, -0.1) is 11.3 Å². The molecule has 1 aromatic rings. The van der Waals surface area contributed by atoms with Crippen molar-refractivity contribution in [3.05, 3.63) is 20.8 Å². The van der Waals surface area contributed by atoms with Crippen molar-refractivity contribution in [1.82, 2.24) is 0 Å². The highest BCUT2D eigenvalue weighted by Crippen LogP contribution is 2.37. The molecule has 13 heavy (non-hydrogen) atoms. The van der Waals surface area contributed by atoms with E-state index in [0.717, 1.165) is 4.47 Å². The Hall–Kier alpha value is 0.1000. The lowest BCUT2D eigenvalue weighted by Gasteiger charge is -2.17. The van der Waals surface area contributed by atoms with Crippen molar-refractivity contribution in [2.45, 2.75) is 24.9 Å². The largest absolute Gasteiger partial charge is 0.326 e. The zero-order valence-corrected chi connectivity index (χ0v) is 9.64. The third-order valence-electron chi connectivity index (χ3n) is 2.50. The standard InChI is InChI=1S/C9H13BrN2S/c10-6-3-7(13-4-6)9(12)8(11)5-1-2-5/h3-5,8-9H,1-2,11-12H2/t8-,9-/m0/s1. The van der Waals surface area contributed by atoms with Crippen LogP contribution in [0.4, 0.5) is 0 Å². The molecule has 1 aliphatic rings. The summed E-state index contributed by atoms with van der Waals surface area (Å²) in [6, 6.07) is 2.23. The summed E-state index contributed by atoms with van der Waals surface area (Å²) in [5.41, 5.74) is 12.1. The van der Waals surface area contributed by atoms with Crippen LogP contribution in [0.1, 0.15) is 23.8 Å². The number of rotatable bonds is 3. The monoisotopic (exact) mass is 260 g/mol. The van der Waals surface area contributed by atoms with E-state index in [1.54, 1.807) is 11.3 Å². The molecule has 0 aliphatic heterocycles. The van der Waals surface area contributed by atoms with Gasteiger partial charge in [-0.25, -0.2) is 0 Å². The molecule has 1 aromatic heterocycles. The fourth-order valence-electron chi connectivity index (χ4n) is 1.47. The third kappa shape index (κ3) is 2.13. The molecule has 0 bridgehead atoms. The fourth-order valence-corrected chi connectivity index (χ4v) is 2.97. The molecule has 0 saturated heterocycles. The Balaban J connectivity index is 2.06. The molecule has 1 aliphatic carbocycles. The van der Waals surface area contributed by atoms with Crippen LogP contribution in [0.3, 0.4) is 0 Å². The highest BCUT2D eigenvalue weighted by molar-refractivity contribution is 9.10. The topological polar surface area (TPSA) is 52.0 Å². The third-order valence-corrected chi connectivity index (χ3v) is 4.29. The first-order valence-electron chi connectivity index (χ1n) is 4.43.